The van der Waals surface area contributed by atoms with Crippen LogP contribution < -0.4 is 21.5 Å². The number of nitrogens with zero attached hydrogens (tertiary/aromatic N) is 4. The van der Waals surface area contributed by atoms with Gasteiger partial charge in [-0.1, -0.05) is 0 Å². The number of carbonyl (C=O) groups excluding carboxylic acids is 1. The van der Waals surface area contributed by atoms with Crippen molar-refractivity contribution in [1.29, 1.82) is 0 Å². The number of hydrogen-bond donors (Lipinski definition) is 3. The number of alkyl halides is 1. The number of halogens is 1. The molecule has 2 fully saturated rings. The molecule has 0 unspecified atom stereocenters. The van der Waals surface area contributed by atoms with Crippen molar-refractivity contribution in [1.82, 2.24) is 24.5 Å². The van der Waals surface area contributed by atoms with Crippen molar-refractivity contribution in [2.24, 2.45) is 0 Å². The van der Waals surface area contributed by atoms with Crippen molar-refractivity contribution in [2.45, 2.75) is 56.5 Å². The summed E-state index contributed by atoms with van der Waals surface area (Å²) in [6.45, 7) is 0. The molecule has 34 heavy (non-hydrogen) atoms. The smallest absolute Gasteiger partial charge is 0.274 e. The maximum absolute atomic E-state index is 13.3. The quantitative estimate of drug-likeness (QED) is 0.487. The molecule has 2 aliphatic rings. The van der Waals surface area contributed by atoms with Crippen LogP contribution in [0, 0.1) is 0 Å². The van der Waals surface area contributed by atoms with Crippen LogP contribution in [0.15, 0.2) is 35.4 Å². The maximum Gasteiger partial charge on any atom is 0.274 e. The van der Waals surface area contributed by atoms with Gasteiger partial charge in [0, 0.05) is 38.9 Å². The van der Waals surface area contributed by atoms with Gasteiger partial charge in [-0.05, 0) is 37.8 Å². The molecule has 10 nitrogen and oxygen atoms in total. The van der Waals surface area contributed by atoms with Crippen LogP contribution in [-0.2, 0) is 4.74 Å². The number of nitrogens with one attached hydrogen (secondary N) is 3. The lowest BCUT2D eigenvalue weighted by molar-refractivity contribution is 0.0525. The molecule has 2 saturated carbocycles. The Morgan fingerprint density at radius 2 is 2.12 bits per heavy atom. The van der Waals surface area contributed by atoms with Gasteiger partial charge in [0.15, 0.2) is 5.65 Å². The highest BCUT2D eigenvalue weighted by Crippen LogP contribution is 2.30. The zero-order valence-corrected chi connectivity index (χ0v) is 19.1. The molecule has 3 N–H and O–H groups in total. The summed E-state index contributed by atoms with van der Waals surface area (Å²) in [7, 11) is 3.43. The van der Waals surface area contributed by atoms with E-state index in [0.717, 1.165) is 25.7 Å². The van der Waals surface area contributed by atoms with E-state index in [9.17, 15) is 14.0 Å². The number of pyridine rings is 1. The van der Waals surface area contributed by atoms with Gasteiger partial charge in [-0.25, -0.2) is 9.37 Å². The third-order valence-electron chi connectivity index (χ3n) is 6.56. The van der Waals surface area contributed by atoms with Gasteiger partial charge in [0.1, 0.15) is 29.1 Å². The fraction of sp³-hybridized carbons (Fsp3) is 0.478. The zero-order valence-electron chi connectivity index (χ0n) is 19.1. The largest absolute Gasteiger partial charge is 0.381 e. The molecule has 4 atom stereocenters. The molecule has 2 aliphatic carbocycles. The van der Waals surface area contributed by atoms with Crippen molar-refractivity contribution in [3.05, 3.63) is 46.5 Å². The van der Waals surface area contributed by atoms with Gasteiger partial charge in [0.25, 0.3) is 11.5 Å². The first-order valence-electron chi connectivity index (χ1n) is 11.5. The number of carbonyl (C=O) groups is 1. The third-order valence-corrected chi connectivity index (χ3v) is 6.56. The summed E-state index contributed by atoms with van der Waals surface area (Å²) in [4.78, 5) is 30.4. The fourth-order valence-corrected chi connectivity index (χ4v) is 4.54. The number of ether oxygens (including phenoxy) is 1. The molecule has 1 amide bonds. The average Bonchev–Trinajstić information content (AvgIpc) is 3.36. The molecule has 11 heteroatoms. The Bertz CT molecular complexity index is 1270. The van der Waals surface area contributed by atoms with Gasteiger partial charge in [-0.3, -0.25) is 9.59 Å². The van der Waals surface area contributed by atoms with Crippen molar-refractivity contribution in [3.63, 3.8) is 0 Å². The van der Waals surface area contributed by atoms with Gasteiger partial charge >= 0.3 is 0 Å². The van der Waals surface area contributed by atoms with E-state index in [1.165, 1.54) is 10.7 Å². The number of rotatable bonds is 7. The second-order valence-electron chi connectivity index (χ2n) is 8.84. The molecule has 5 rings (SSSR count). The molecule has 0 aliphatic heterocycles. The Hall–Kier alpha value is -3.47. The lowest BCUT2D eigenvalue weighted by Crippen LogP contribution is -2.31. The Balaban J connectivity index is 1.45. The van der Waals surface area contributed by atoms with Crippen molar-refractivity contribution >= 4 is 28.9 Å². The molecule has 3 heterocycles. The van der Waals surface area contributed by atoms with E-state index in [4.69, 9.17) is 4.74 Å². The van der Waals surface area contributed by atoms with Gasteiger partial charge in [0.05, 0.1) is 18.3 Å². The maximum atomic E-state index is 13.3. The van der Waals surface area contributed by atoms with E-state index >= 15 is 0 Å². The van der Waals surface area contributed by atoms with Crippen LogP contribution in [0.1, 0.15) is 48.5 Å². The second kappa shape index (κ2) is 9.05. The summed E-state index contributed by atoms with van der Waals surface area (Å²) >= 11 is 0. The van der Waals surface area contributed by atoms with Crippen LogP contribution in [-0.4, -0.2) is 57.5 Å². The van der Waals surface area contributed by atoms with Gasteiger partial charge in [-0.2, -0.15) is 9.61 Å². The second-order valence-corrected chi connectivity index (χ2v) is 8.84. The highest BCUT2D eigenvalue weighted by molar-refractivity contribution is 6.00. The first-order valence-corrected chi connectivity index (χ1v) is 11.5. The van der Waals surface area contributed by atoms with Crippen LogP contribution in [0.2, 0.25) is 0 Å². The zero-order chi connectivity index (χ0) is 23.8. The minimum Gasteiger partial charge on any atom is -0.381 e. The summed E-state index contributed by atoms with van der Waals surface area (Å²) in [5.74, 6) is 0.529. The lowest BCUT2D eigenvalue weighted by Gasteiger charge is -2.29. The third kappa shape index (κ3) is 4.23. The monoisotopic (exact) mass is 469 g/mol. The number of hydrogen-bond acceptors (Lipinski definition) is 7. The number of aromatic nitrogens is 4. The van der Waals surface area contributed by atoms with Crippen LogP contribution >= 0.6 is 0 Å². The average molecular weight is 470 g/mol. The Morgan fingerprint density at radius 3 is 2.85 bits per heavy atom. The van der Waals surface area contributed by atoms with E-state index in [1.807, 2.05) is 6.07 Å². The predicted octanol–water partition coefficient (Wildman–Crippen LogP) is 2.65. The van der Waals surface area contributed by atoms with Crippen LogP contribution in [0.4, 0.5) is 21.7 Å². The Morgan fingerprint density at radius 1 is 1.29 bits per heavy atom. The summed E-state index contributed by atoms with van der Waals surface area (Å²) in [6, 6.07) is 4.85. The van der Waals surface area contributed by atoms with Crippen LogP contribution in [0.5, 0.6) is 0 Å². The molecule has 0 bridgehead atoms. The SMILES string of the molecule is CNc1cc(Nc2cccn([C@H]3CCC[C@H](OC)C3)c2=O)nc2c(C(=O)N[C@@H]3C[C@@H]3F)cnn12. The Labute approximate surface area is 195 Å². The minimum atomic E-state index is -1.01. The molecule has 180 valence electrons. The fourth-order valence-electron chi connectivity index (χ4n) is 4.54. The first kappa shape index (κ1) is 22.3. The molecule has 0 saturated heterocycles. The van der Waals surface area contributed by atoms with Gasteiger partial charge in [0.2, 0.25) is 0 Å². The standard InChI is InChI=1S/C23H28FN7O3/c1-25-20-11-19(29-21-15(12-26-31(20)21)22(32)28-18-10-16(18)24)27-17-7-4-8-30(23(17)33)13-5-3-6-14(9-13)34-2/h4,7-8,11-14,16,18,25H,3,5-6,9-10H2,1-2H3,(H,27,29)(H,28,32)/t13-,14-,16-,18+/m0/s1. The van der Waals surface area contributed by atoms with Crippen molar-refractivity contribution in [3.8, 4) is 0 Å². The summed E-state index contributed by atoms with van der Waals surface area (Å²) < 4.78 is 22.0. The minimum absolute atomic E-state index is 0.0724. The topological polar surface area (TPSA) is 115 Å². The van der Waals surface area contributed by atoms with Crippen molar-refractivity contribution < 1.29 is 13.9 Å². The molecule has 0 aromatic carbocycles. The first-order chi connectivity index (χ1) is 16.5. The Kier molecular flexibility index (Phi) is 5.94. The van der Waals surface area contributed by atoms with E-state index in [1.54, 1.807) is 37.1 Å². The van der Waals surface area contributed by atoms with E-state index in [0.29, 0.717) is 29.4 Å². The van der Waals surface area contributed by atoms with Crippen LogP contribution in [0.25, 0.3) is 5.65 Å². The molecule has 3 aromatic heterocycles. The van der Waals surface area contributed by atoms with Crippen LogP contribution in [0.3, 0.4) is 0 Å². The molecule has 0 radical (unpaired) electrons. The summed E-state index contributed by atoms with van der Waals surface area (Å²) in [6.07, 6.45) is 6.41. The van der Waals surface area contributed by atoms with Gasteiger partial charge < -0.3 is 25.3 Å². The predicted molar refractivity (Wildman–Crippen MR) is 126 cm³/mol. The molecular formula is C23H28FN7O3. The number of amides is 1. The normalized spacial score (nSPS) is 24.1. The van der Waals surface area contributed by atoms with E-state index in [2.05, 4.69) is 26.0 Å². The summed E-state index contributed by atoms with van der Waals surface area (Å²) in [5.41, 5.74) is 0.766. The molecular weight excluding hydrogens is 441 g/mol. The molecule has 3 aromatic rings. The summed E-state index contributed by atoms with van der Waals surface area (Å²) in [5, 5.41) is 13.0. The number of anilines is 3. The van der Waals surface area contributed by atoms with E-state index in [-0.39, 0.29) is 23.3 Å². The number of methoxy groups -OCH3 is 1. The number of fused-ring (bicyclic) bond motifs is 1. The van der Waals surface area contributed by atoms with E-state index < -0.39 is 18.1 Å². The van der Waals surface area contributed by atoms with Gasteiger partial charge in [-0.15, -0.1) is 0 Å². The highest BCUT2D eigenvalue weighted by atomic mass is 19.1. The highest BCUT2D eigenvalue weighted by Gasteiger charge is 2.39. The lowest BCUT2D eigenvalue weighted by atomic mass is 9.92. The van der Waals surface area contributed by atoms with Crippen molar-refractivity contribution in [2.75, 3.05) is 24.8 Å². The molecule has 0 spiro atoms.